The summed E-state index contributed by atoms with van der Waals surface area (Å²) in [7, 11) is 0. The fraction of sp³-hybridized carbons (Fsp3) is 0.400. The quantitative estimate of drug-likeness (QED) is 0.499. The second-order valence-electron chi connectivity index (χ2n) is 6.61. The van der Waals surface area contributed by atoms with Crippen molar-refractivity contribution in [2.75, 3.05) is 19.8 Å². The lowest BCUT2D eigenvalue weighted by Crippen LogP contribution is -2.31. The normalized spacial score (nSPS) is 19.6. The standard InChI is InChI=1S/C20H19F5O3/c1-2-3-11-4-16(23)19(17(24)5-11)26-8-12-9-27-20(28-10-12)13-6-14(21)18(25)15(22)7-13/h4-7,12,20H,2-3,8-10H2,1H3. The molecule has 1 aliphatic rings. The fourth-order valence-corrected chi connectivity index (χ4v) is 2.93. The maximum absolute atomic E-state index is 14.1. The molecule has 0 aromatic heterocycles. The van der Waals surface area contributed by atoms with Crippen LogP contribution in [0.2, 0.25) is 0 Å². The third kappa shape index (κ3) is 4.62. The molecule has 0 unspecified atom stereocenters. The molecule has 0 amide bonds. The van der Waals surface area contributed by atoms with E-state index in [2.05, 4.69) is 0 Å². The monoisotopic (exact) mass is 402 g/mol. The predicted molar refractivity (Wildman–Crippen MR) is 90.3 cm³/mol. The maximum atomic E-state index is 14.1. The summed E-state index contributed by atoms with van der Waals surface area (Å²) in [6.45, 7) is 1.98. The number of benzene rings is 2. The lowest BCUT2D eigenvalue weighted by molar-refractivity contribution is -0.209. The molecule has 152 valence electrons. The van der Waals surface area contributed by atoms with Gasteiger partial charge < -0.3 is 14.2 Å². The maximum Gasteiger partial charge on any atom is 0.194 e. The lowest BCUT2D eigenvalue weighted by Gasteiger charge is -2.29. The van der Waals surface area contributed by atoms with Gasteiger partial charge in [-0.3, -0.25) is 0 Å². The second-order valence-corrected chi connectivity index (χ2v) is 6.61. The van der Waals surface area contributed by atoms with Gasteiger partial charge in [0.05, 0.1) is 19.8 Å². The van der Waals surface area contributed by atoms with E-state index in [0.717, 1.165) is 18.6 Å². The van der Waals surface area contributed by atoms with E-state index in [-0.39, 0.29) is 31.3 Å². The summed E-state index contributed by atoms with van der Waals surface area (Å²) in [6, 6.07) is 4.07. The van der Waals surface area contributed by atoms with Crippen molar-refractivity contribution in [1.82, 2.24) is 0 Å². The first-order valence-electron chi connectivity index (χ1n) is 8.87. The highest BCUT2D eigenvalue weighted by Gasteiger charge is 2.27. The average Bonchev–Trinajstić information content (AvgIpc) is 2.66. The molecule has 28 heavy (non-hydrogen) atoms. The van der Waals surface area contributed by atoms with Crippen LogP contribution >= 0.6 is 0 Å². The van der Waals surface area contributed by atoms with Crippen molar-refractivity contribution in [3.8, 4) is 5.75 Å². The third-order valence-electron chi connectivity index (χ3n) is 4.31. The van der Waals surface area contributed by atoms with E-state index < -0.39 is 41.1 Å². The van der Waals surface area contributed by atoms with Crippen LogP contribution in [0.4, 0.5) is 22.0 Å². The Balaban J connectivity index is 1.57. The molecule has 8 heteroatoms. The Hall–Kier alpha value is -2.19. The fourth-order valence-electron chi connectivity index (χ4n) is 2.93. The zero-order valence-electron chi connectivity index (χ0n) is 15.1. The van der Waals surface area contributed by atoms with Gasteiger partial charge in [-0.25, -0.2) is 22.0 Å². The molecule has 1 fully saturated rings. The van der Waals surface area contributed by atoms with E-state index in [9.17, 15) is 22.0 Å². The Morgan fingerprint density at radius 2 is 1.46 bits per heavy atom. The van der Waals surface area contributed by atoms with Crippen LogP contribution in [0, 0.1) is 35.0 Å². The van der Waals surface area contributed by atoms with Gasteiger partial charge in [-0.2, -0.15) is 0 Å². The summed E-state index contributed by atoms with van der Waals surface area (Å²) in [5, 5.41) is 0. The van der Waals surface area contributed by atoms with Crippen molar-refractivity contribution >= 4 is 0 Å². The van der Waals surface area contributed by atoms with Crippen LogP contribution in [0.5, 0.6) is 5.75 Å². The summed E-state index contributed by atoms with van der Waals surface area (Å²) in [4.78, 5) is 0. The minimum Gasteiger partial charge on any atom is -0.487 e. The van der Waals surface area contributed by atoms with Crippen LogP contribution in [-0.2, 0) is 15.9 Å². The summed E-state index contributed by atoms with van der Waals surface area (Å²) in [5.41, 5.74) is 0.551. The molecule has 0 spiro atoms. The molecule has 0 N–H and O–H groups in total. The predicted octanol–water partition coefficient (Wildman–Crippen LogP) is 5.08. The number of ether oxygens (including phenoxy) is 3. The molecule has 1 saturated heterocycles. The number of hydrogen-bond donors (Lipinski definition) is 0. The highest BCUT2D eigenvalue weighted by Crippen LogP contribution is 2.29. The molecule has 1 heterocycles. The lowest BCUT2D eigenvalue weighted by atomic mass is 10.1. The molecular weight excluding hydrogens is 383 g/mol. The van der Waals surface area contributed by atoms with Crippen LogP contribution in [0.1, 0.15) is 30.8 Å². The van der Waals surface area contributed by atoms with Crippen LogP contribution in [0.25, 0.3) is 0 Å². The van der Waals surface area contributed by atoms with Gasteiger partial charge in [-0.1, -0.05) is 13.3 Å². The molecule has 2 aromatic carbocycles. The van der Waals surface area contributed by atoms with Gasteiger partial charge in [0.15, 0.2) is 41.1 Å². The van der Waals surface area contributed by atoms with E-state index in [1.807, 2.05) is 6.92 Å². The van der Waals surface area contributed by atoms with Crippen molar-refractivity contribution in [2.24, 2.45) is 5.92 Å². The van der Waals surface area contributed by atoms with Gasteiger partial charge in [0, 0.05) is 11.5 Å². The van der Waals surface area contributed by atoms with Crippen LogP contribution in [0.15, 0.2) is 24.3 Å². The highest BCUT2D eigenvalue weighted by molar-refractivity contribution is 5.31. The minimum atomic E-state index is -1.57. The number of aryl methyl sites for hydroxylation is 1. The van der Waals surface area contributed by atoms with E-state index in [4.69, 9.17) is 14.2 Å². The van der Waals surface area contributed by atoms with E-state index >= 15 is 0 Å². The van der Waals surface area contributed by atoms with Crippen molar-refractivity contribution < 1.29 is 36.2 Å². The first-order chi connectivity index (χ1) is 13.4. The van der Waals surface area contributed by atoms with E-state index in [1.54, 1.807) is 0 Å². The first-order valence-corrected chi connectivity index (χ1v) is 8.87. The SMILES string of the molecule is CCCc1cc(F)c(OCC2COC(c3cc(F)c(F)c(F)c3)OC2)c(F)c1. The van der Waals surface area contributed by atoms with Crippen molar-refractivity contribution in [1.29, 1.82) is 0 Å². The second kappa shape index (κ2) is 8.87. The molecule has 0 bridgehead atoms. The molecule has 1 aliphatic heterocycles. The molecule has 2 aromatic rings. The van der Waals surface area contributed by atoms with Crippen molar-refractivity contribution in [3.63, 3.8) is 0 Å². The topological polar surface area (TPSA) is 27.7 Å². The summed E-state index contributed by atoms with van der Waals surface area (Å²) >= 11 is 0. The van der Waals surface area contributed by atoms with Crippen molar-refractivity contribution in [3.05, 3.63) is 64.5 Å². The number of hydrogen-bond acceptors (Lipinski definition) is 3. The Morgan fingerprint density at radius 1 is 0.893 bits per heavy atom. The Kier molecular flexibility index (Phi) is 6.51. The average molecular weight is 402 g/mol. The minimum absolute atomic E-state index is 0.000583. The van der Waals surface area contributed by atoms with Gasteiger partial charge in [-0.15, -0.1) is 0 Å². The van der Waals surface area contributed by atoms with Crippen LogP contribution in [-0.4, -0.2) is 19.8 Å². The van der Waals surface area contributed by atoms with Gasteiger partial charge in [0.25, 0.3) is 0 Å². The van der Waals surface area contributed by atoms with E-state index in [1.165, 1.54) is 12.1 Å². The zero-order chi connectivity index (χ0) is 20.3. The molecule has 0 radical (unpaired) electrons. The molecule has 0 saturated carbocycles. The molecule has 0 aliphatic carbocycles. The van der Waals surface area contributed by atoms with Gasteiger partial charge in [0.1, 0.15) is 0 Å². The highest BCUT2D eigenvalue weighted by atomic mass is 19.2. The van der Waals surface area contributed by atoms with Gasteiger partial charge in [-0.05, 0) is 36.2 Å². The smallest absolute Gasteiger partial charge is 0.194 e. The van der Waals surface area contributed by atoms with Crippen LogP contribution < -0.4 is 4.74 Å². The molecular formula is C20H19F5O3. The largest absolute Gasteiger partial charge is 0.487 e. The Bertz CT molecular complexity index is 789. The summed E-state index contributed by atoms with van der Waals surface area (Å²) in [5.74, 6) is -6.63. The van der Waals surface area contributed by atoms with Gasteiger partial charge >= 0.3 is 0 Å². The van der Waals surface area contributed by atoms with E-state index in [0.29, 0.717) is 12.0 Å². The third-order valence-corrected chi connectivity index (χ3v) is 4.31. The summed E-state index contributed by atoms with van der Waals surface area (Å²) in [6.07, 6.45) is 0.256. The summed E-state index contributed by atoms with van der Waals surface area (Å²) < 4.78 is 83.8. The Labute approximate surface area is 159 Å². The zero-order valence-corrected chi connectivity index (χ0v) is 15.1. The molecule has 0 atom stereocenters. The molecule has 3 nitrogen and oxygen atoms in total. The van der Waals surface area contributed by atoms with Crippen molar-refractivity contribution in [2.45, 2.75) is 26.1 Å². The molecule has 3 rings (SSSR count). The Morgan fingerprint density at radius 3 is 2.00 bits per heavy atom. The number of rotatable bonds is 6. The number of halogens is 5. The van der Waals surface area contributed by atoms with Crippen LogP contribution in [0.3, 0.4) is 0 Å². The van der Waals surface area contributed by atoms with Gasteiger partial charge in [0.2, 0.25) is 0 Å². The first kappa shape index (κ1) is 20.5.